The van der Waals surface area contributed by atoms with Gasteiger partial charge in [-0.15, -0.1) is 11.3 Å². The summed E-state index contributed by atoms with van der Waals surface area (Å²) >= 11 is 7.34. The predicted octanol–water partition coefficient (Wildman–Crippen LogP) is 4.75. The van der Waals surface area contributed by atoms with E-state index in [1.807, 2.05) is 13.0 Å². The molecule has 0 aliphatic rings. The Hall–Kier alpha value is -2.82. The third-order valence-corrected chi connectivity index (χ3v) is 5.36. The summed E-state index contributed by atoms with van der Waals surface area (Å²) in [6, 6.07) is 6.79. The van der Waals surface area contributed by atoms with E-state index < -0.39 is 11.9 Å². The summed E-state index contributed by atoms with van der Waals surface area (Å²) in [6.07, 6.45) is 1.41. The van der Waals surface area contributed by atoms with Gasteiger partial charge >= 0.3 is 5.97 Å². The number of benzene rings is 1. The number of methoxy groups -OCH3 is 1. The maximum atomic E-state index is 12.6. The van der Waals surface area contributed by atoms with Crippen LogP contribution in [0, 0.1) is 25.2 Å². The van der Waals surface area contributed by atoms with E-state index in [0.29, 0.717) is 26.9 Å². The molecule has 8 heteroatoms. The van der Waals surface area contributed by atoms with Gasteiger partial charge in [0, 0.05) is 4.88 Å². The normalized spacial score (nSPS) is 10.9. The number of thiophene rings is 1. The van der Waals surface area contributed by atoms with Gasteiger partial charge in [0.1, 0.15) is 22.4 Å². The third-order valence-electron chi connectivity index (χ3n) is 3.94. The first-order valence-corrected chi connectivity index (χ1v) is 9.55. The molecule has 1 N–H and O–H groups in total. The first-order valence-electron chi connectivity index (χ1n) is 8.36. The molecule has 2 rings (SSSR count). The summed E-state index contributed by atoms with van der Waals surface area (Å²) in [7, 11) is 1.50. The van der Waals surface area contributed by atoms with Gasteiger partial charge in [0.15, 0.2) is 0 Å². The van der Waals surface area contributed by atoms with Crippen LogP contribution in [0.3, 0.4) is 0 Å². The zero-order chi connectivity index (χ0) is 20.8. The first kappa shape index (κ1) is 21.5. The fourth-order valence-corrected chi connectivity index (χ4v) is 3.73. The van der Waals surface area contributed by atoms with Crippen LogP contribution >= 0.6 is 22.9 Å². The van der Waals surface area contributed by atoms with E-state index in [0.717, 1.165) is 10.4 Å². The highest BCUT2D eigenvalue weighted by Crippen LogP contribution is 2.33. The van der Waals surface area contributed by atoms with Crippen LogP contribution in [0.5, 0.6) is 5.75 Å². The molecule has 0 fully saturated rings. The van der Waals surface area contributed by atoms with Gasteiger partial charge in [0.05, 0.1) is 24.3 Å². The van der Waals surface area contributed by atoms with Crippen LogP contribution in [0.1, 0.15) is 33.3 Å². The minimum atomic E-state index is -0.624. The molecule has 0 bridgehead atoms. The van der Waals surface area contributed by atoms with E-state index in [4.69, 9.17) is 21.1 Å². The van der Waals surface area contributed by atoms with Gasteiger partial charge < -0.3 is 14.8 Å². The van der Waals surface area contributed by atoms with Gasteiger partial charge in [0.2, 0.25) is 0 Å². The van der Waals surface area contributed by atoms with Gasteiger partial charge in [-0.2, -0.15) is 5.26 Å². The second-order valence-corrected chi connectivity index (χ2v) is 7.36. The van der Waals surface area contributed by atoms with Crippen molar-refractivity contribution in [1.82, 2.24) is 0 Å². The van der Waals surface area contributed by atoms with Crippen LogP contribution in [0.2, 0.25) is 5.02 Å². The number of nitriles is 1. The molecule has 0 atom stereocenters. The summed E-state index contributed by atoms with van der Waals surface area (Å²) in [4.78, 5) is 25.7. The zero-order valence-corrected chi connectivity index (χ0v) is 17.5. The highest BCUT2D eigenvalue weighted by Gasteiger charge is 2.23. The number of hydrogen-bond donors (Lipinski definition) is 1. The Morgan fingerprint density at radius 1 is 1.36 bits per heavy atom. The number of carbonyl (C=O) groups excluding carboxylic acids is 2. The number of carbonyl (C=O) groups is 2. The Balaban J connectivity index is 2.33. The van der Waals surface area contributed by atoms with Crippen molar-refractivity contribution in [3.05, 3.63) is 50.4 Å². The summed E-state index contributed by atoms with van der Waals surface area (Å²) in [6.45, 7) is 5.57. The topological polar surface area (TPSA) is 88.4 Å². The van der Waals surface area contributed by atoms with E-state index in [1.165, 1.54) is 24.5 Å². The van der Waals surface area contributed by atoms with Gasteiger partial charge in [-0.25, -0.2) is 4.79 Å². The van der Waals surface area contributed by atoms with Crippen molar-refractivity contribution in [3.63, 3.8) is 0 Å². The molecule has 2 aromatic rings. The summed E-state index contributed by atoms with van der Waals surface area (Å²) < 4.78 is 10.2. The van der Waals surface area contributed by atoms with Gasteiger partial charge in [0.25, 0.3) is 5.91 Å². The van der Waals surface area contributed by atoms with E-state index >= 15 is 0 Å². The van der Waals surface area contributed by atoms with Crippen molar-refractivity contribution in [2.45, 2.75) is 20.8 Å². The zero-order valence-electron chi connectivity index (χ0n) is 15.9. The number of anilines is 1. The highest BCUT2D eigenvalue weighted by atomic mass is 35.5. The Bertz CT molecular complexity index is 989. The number of hydrogen-bond acceptors (Lipinski definition) is 6. The second-order valence-electron chi connectivity index (χ2n) is 5.73. The highest BCUT2D eigenvalue weighted by molar-refractivity contribution is 7.16. The minimum absolute atomic E-state index is 0.125. The lowest BCUT2D eigenvalue weighted by molar-refractivity contribution is -0.112. The van der Waals surface area contributed by atoms with E-state index in [2.05, 4.69) is 5.32 Å². The standard InChI is InChI=1S/C20H19ClN2O4S/c1-5-27-20(25)17-11(2)12(3)28-19(17)23-18(24)14(10-22)8-13-6-7-16(26-4)15(21)9-13/h6-9H,5H2,1-4H3,(H,23,24)/b14-8-. The molecule has 28 heavy (non-hydrogen) atoms. The number of ether oxygens (including phenoxy) is 2. The molecule has 0 spiro atoms. The van der Waals surface area contributed by atoms with Gasteiger partial charge in [-0.1, -0.05) is 17.7 Å². The Morgan fingerprint density at radius 3 is 2.64 bits per heavy atom. The Labute approximate surface area is 172 Å². The fraction of sp³-hybridized carbons (Fsp3) is 0.250. The van der Waals surface area contributed by atoms with E-state index in [-0.39, 0.29) is 12.2 Å². The molecule has 0 aliphatic heterocycles. The van der Waals surface area contributed by atoms with Gasteiger partial charge in [-0.3, -0.25) is 4.79 Å². The second kappa shape index (κ2) is 9.40. The maximum Gasteiger partial charge on any atom is 0.341 e. The number of halogens is 1. The molecule has 1 aromatic heterocycles. The smallest absolute Gasteiger partial charge is 0.341 e. The van der Waals surface area contributed by atoms with Crippen molar-refractivity contribution >= 4 is 45.9 Å². The minimum Gasteiger partial charge on any atom is -0.495 e. The van der Waals surface area contributed by atoms with Crippen LogP contribution in [0.25, 0.3) is 6.08 Å². The van der Waals surface area contributed by atoms with Crippen LogP contribution < -0.4 is 10.1 Å². The molecular weight excluding hydrogens is 400 g/mol. The first-order chi connectivity index (χ1) is 13.3. The molecule has 0 radical (unpaired) electrons. The molecule has 1 aromatic carbocycles. The average Bonchev–Trinajstić information content (AvgIpc) is 2.93. The van der Waals surface area contributed by atoms with Crippen molar-refractivity contribution in [2.24, 2.45) is 0 Å². The molecule has 0 saturated heterocycles. The monoisotopic (exact) mass is 418 g/mol. The van der Waals surface area contributed by atoms with Crippen LogP contribution in [0.4, 0.5) is 5.00 Å². The number of nitrogens with one attached hydrogen (secondary N) is 1. The van der Waals surface area contributed by atoms with E-state index in [1.54, 1.807) is 32.0 Å². The maximum absolute atomic E-state index is 12.6. The molecule has 146 valence electrons. The molecule has 1 heterocycles. The molecule has 0 unspecified atom stereocenters. The van der Waals surface area contributed by atoms with E-state index in [9.17, 15) is 14.9 Å². The SMILES string of the molecule is CCOC(=O)c1c(NC(=O)/C(C#N)=C\c2ccc(OC)c(Cl)c2)sc(C)c1C. The quantitative estimate of drug-likeness (QED) is 0.415. The summed E-state index contributed by atoms with van der Waals surface area (Å²) in [5.41, 5.74) is 1.49. The number of aryl methyl sites for hydroxylation is 1. The molecule has 0 aliphatic carbocycles. The third kappa shape index (κ3) is 4.71. The van der Waals surface area contributed by atoms with Crippen LogP contribution in [0.15, 0.2) is 23.8 Å². The van der Waals surface area contributed by atoms with Crippen LogP contribution in [-0.2, 0) is 9.53 Å². The average molecular weight is 419 g/mol. The molecule has 0 saturated carbocycles. The lowest BCUT2D eigenvalue weighted by Crippen LogP contribution is -2.16. The van der Waals surface area contributed by atoms with Crippen molar-refractivity contribution in [3.8, 4) is 11.8 Å². The van der Waals surface area contributed by atoms with Crippen LogP contribution in [-0.4, -0.2) is 25.6 Å². The number of rotatable bonds is 6. The summed E-state index contributed by atoms with van der Waals surface area (Å²) in [5.74, 6) is -0.643. The molecule has 1 amide bonds. The lowest BCUT2D eigenvalue weighted by atomic mass is 10.1. The number of esters is 1. The number of amides is 1. The lowest BCUT2D eigenvalue weighted by Gasteiger charge is -2.07. The van der Waals surface area contributed by atoms with Crippen molar-refractivity contribution < 1.29 is 19.1 Å². The Morgan fingerprint density at radius 2 is 2.07 bits per heavy atom. The Kier molecular flexibility index (Phi) is 7.21. The number of nitrogens with zero attached hydrogens (tertiary/aromatic N) is 1. The van der Waals surface area contributed by atoms with Crippen molar-refractivity contribution in [1.29, 1.82) is 5.26 Å². The molecule has 6 nitrogen and oxygen atoms in total. The predicted molar refractivity (Wildman–Crippen MR) is 110 cm³/mol. The summed E-state index contributed by atoms with van der Waals surface area (Å²) in [5, 5.41) is 12.8. The largest absolute Gasteiger partial charge is 0.495 e. The van der Waals surface area contributed by atoms with Crippen molar-refractivity contribution in [2.75, 3.05) is 19.0 Å². The molecular formula is C20H19ClN2O4S. The van der Waals surface area contributed by atoms with Gasteiger partial charge in [-0.05, 0) is 50.1 Å². The fourth-order valence-electron chi connectivity index (χ4n) is 2.42.